The highest BCUT2D eigenvalue weighted by atomic mass is 35.5. The molecule has 0 saturated heterocycles. The lowest BCUT2D eigenvalue weighted by Gasteiger charge is -2.13. The first-order valence-electron chi connectivity index (χ1n) is 6.71. The number of alkyl halides is 1. The number of fused-ring (bicyclic) bond motifs is 1. The SMILES string of the molecule is Fc1cccc(Cl)c1CC(Cl)c1ccc2ccccc2c1. The van der Waals surface area contributed by atoms with Crippen molar-refractivity contribution >= 4 is 34.0 Å². The van der Waals surface area contributed by atoms with Crippen LogP contribution in [0.4, 0.5) is 4.39 Å². The third kappa shape index (κ3) is 3.04. The lowest BCUT2D eigenvalue weighted by Crippen LogP contribution is -1.99. The van der Waals surface area contributed by atoms with Gasteiger partial charge in [-0.3, -0.25) is 0 Å². The van der Waals surface area contributed by atoms with Gasteiger partial charge >= 0.3 is 0 Å². The van der Waals surface area contributed by atoms with Crippen molar-refractivity contribution in [3.63, 3.8) is 0 Å². The molecule has 3 aromatic rings. The standard InChI is InChI=1S/C18H13Cl2F/c19-16-6-3-7-18(21)15(16)11-17(20)14-9-8-12-4-1-2-5-13(12)10-14/h1-10,17H,11H2. The second-order valence-electron chi connectivity index (χ2n) is 4.98. The lowest BCUT2D eigenvalue weighted by atomic mass is 10.0. The molecule has 3 aromatic carbocycles. The second kappa shape index (κ2) is 6.05. The van der Waals surface area contributed by atoms with E-state index in [9.17, 15) is 4.39 Å². The van der Waals surface area contributed by atoms with Crippen molar-refractivity contribution in [3.05, 3.63) is 82.6 Å². The number of halogens is 3. The Morgan fingerprint density at radius 1 is 0.905 bits per heavy atom. The summed E-state index contributed by atoms with van der Waals surface area (Å²) >= 11 is 12.5. The molecule has 0 radical (unpaired) electrons. The van der Waals surface area contributed by atoms with Crippen LogP contribution in [0.15, 0.2) is 60.7 Å². The van der Waals surface area contributed by atoms with Crippen LogP contribution in [-0.2, 0) is 6.42 Å². The number of hydrogen-bond acceptors (Lipinski definition) is 0. The third-order valence-corrected chi connectivity index (χ3v) is 4.34. The van der Waals surface area contributed by atoms with Crippen LogP contribution in [0.3, 0.4) is 0 Å². The normalized spacial score (nSPS) is 12.5. The summed E-state index contributed by atoms with van der Waals surface area (Å²) in [4.78, 5) is 0. The minimum absolute atomic E-state index is 0.311. The van der Waals surface area contributed by atoms with Gasteiger partial charge in [0, 0.05) is 10.6 Å². The van der Waals surface area contributed by atoms with E-state index in [0.29, 0.717) is 17.0 Å². The van der Waals surface area contributed by atoms with Crippen molar-refractivity contribution in [3.8, 4) is 0 Å². The summed E-state index contributed by atoms with van der Waals surface area (Å²) in [7, 11) is 0. The van der Waals surface area contributed by atoms with Gasteiger partial charge in [-0.2, -0.15) is 0 Å². The van der Waals surface area contributed by atoms with Gasteiger partial charge in [0.15, 0.2) is 0 Å². The van der Waals surface area contributed by atoms with Crippen molar-refractivity contribution < 1.29 is 4.39 Å². The summed E-state index contributed by atoms with van der Waals surface area (Å²) in [6, 6.07) is 18.8. The Kier molecular flexibility index (Phi) is 4.14. The van der Waals surface area contributed by atoms with E-state index in [1.165, 1.54) is 6.07 Å². The van der Waals surface area contributed by atoms with Crippen molar-refractivity contribution in [1.82, 2.24) is 0 Å². The van der Waals surface area contributed by atoms with Gasteiger partial charge in [0.2, 0.25) is 0 Å². The zero-order chi connectivity index (χ0) is 14.8. The maximum Gasteiger partial charge on any atom is 0.127 e. The molecule has 3 rings (SSSR count). The molecule has 0 aliphatic heterocycles. The molecule has 0 fully saturated rings. The summed E-state index contributed by atoms with van der Waals surface area (Å²) in [5.74, 6) is -0.311. The van der Waals surface area contributed by atoms with Crippen molar-refractivity contribution in [2.24, 2.45) is 0 Å². The zero-order valence-corrected chi connectivity index (χ0v) is 12.7. The molecular formula is C18H13Cl2F. The van der Waals surface area contributed by atoms with Gasteiger partial charge in [-0.1, -0.05) is 54.1 Å². The van der Waals surface area contributed by atoms with Gasteiger partial charge in [0.1, 0.15) is 5.82 Å². The number of hydrogen-bond donors (Lipinski definition) is 0. The molecule has 0 aliphatic carbocycles. The van der Waals surface area contributed by atoms with Crippen LogP contribution in [0.5, 0.6) is 0 Å². The Morgan fingerprint density at radius 2 is 1.67 bits per heavy atom. The summed E-state index contributed by atoms with van der Waals surface area (Å²) in [5.41, 5.74) is 1.43. The van der Waals surface area contributed by atoms with Gasteiger partial charge in [0.25, 0.3) is 0 Å². The topological polar surface area (TPSA) is 0 Å². The average molecular weight is 319 g/mol. The van der Waals surface area contributed by atoms with E-state index in [1.54, 1.807) is 12.1 Å². The lowest BCUT2D eigenvalue weighted by molar-refractivity contribution is 0.607. The van der Waals surface area contributed by atoms with E-state index in [4.69, 9.17) is 23.2 Å². The summed E-state index contributed by atoms with van der Waals surface area (Å²) < 4.78 is 13.8. The van der Waals surface area contributed by atoms with E-state index in [-0.39, 0.29) is 11.2 Å². The molecule has 0 N–H and O–H groups in total. The van der Waals surface area contributed by atoms with Crippen LogP contribution in [0.25, 0.3) is 10.8 Å². The quantitative estimate of drug-likeness (QED) is 0.508. The fourth-order valence-electron chi connectivity index (χ4n) is 2.43. The fraction of sp³-hybridized carbons (Fsp3) is 0.111. The smallest absolute Gasteiger partial charge is 0.127 e. The number of benzene rings is 3. The molecule has 0 aromatic heterocycles. The molecule has 0 saturated carbocycles. The van der Waals surface area contributed by atoms with E-state index >= 15 is 0 Å². The predicted molar refractivity (Wildman–Crippen MR) is 87.7 cm³/mol. The maximum atomic E-state index is 13.8. The summed E-state index contributed by atoms with van der Waals surface area (Å²) in [5, 5.41) is 2.39. The number of rotatable bonds is 3. The molecule has 3 heteroatoms. The van der Waals surface area contributed by atoms with E-state index in [0.717, 1.165) is 16.3 Å². The van der Waals surface area contributed by atoms with Crippen LogP contribution in [-0.4, -0.2) is 0 Å². The van der Waals surface area contributed by atoms with Crippen LogP contribution >= 0.6 is 23.2 Å². The highest BCUT2D eigenvalue weighted by Crippen LogP contribution is 2.31. The van der Waals surface area contributed by atoms with Crippen LogP contribution < -0.4 is 0 Å². The first-order chi connectivity index (χ1) is 10.1. The molecule has 1 unspecified atom stereocenters. The van der Waals surface area contributed by atoms with Gasteiger partial charge in [0.05, 0.1) is 5.38 Å². The molecule has 21 heavy (non-hydrogen) atoms. The molecule has 0 aliphatic rings. The Morgan fingerprint density at radius 3 is 2.43 bits per heavy atom. The van der Waals surface area contributed by atoms with E-state index < -0.39 is 0 Å². The minimum atomic E-state index is -0.316. The minimum Gasteiger partial charge on any atom is -0.207 e. The van der Waals surface area contributed by atoms with Gasteiger partial charge < -0.3 is 0 Å². The second-order valence-corrected chi connectivity index (χ2v) is 5.91. The monoisotopic (exact) mass is 318 g/mol. The summed E-state index contributed by atoms with van der Waals surface area (Å²) in [6.07, 6.45) is 0.366. The van der Waals surface area contributed by atoms with Gasteiger partial charge in [-0.15, -0.1) is 11.6 Å². The van der Waals surface area contributed by atoms with Crippen molar-refractivity contribution in [2.45, 2.75) is 11.8 Å². The predicted octanol–water partition coefficient (Wildman–Crippen LogP) is 6.15. The Hall–Kier alpha value is -1.57. The Labute approximate surface area is 133 Å². The van der Waals surface area contributed by atoms with Crippen molar-refractivity contribution in [2.75, 3.05) is 0 Å². The van der Waals surface area contributed by atoms with E-state index in [2.05, 4.69) is 6.07 Å². The highest BCUT2D eigenvalue weighted by molar-refractivity contribution is 6.31. The van der Waals surface area contributed by atoms with Crippen LogP contribution in [0, 0.1) is 5.82 Å². The molecule has 106 valence electrons. The molecule has 1 atom stereocenters. The molecule has 0 amide bonds. The van der Waals surface area contributed by atoms with E-state index in [1.807, 2.05) is 36.4 Å². The van der Waals surface area contributed by atoms with Gasteiger partial charge in [-0.25, -0.2) is 4.39 Å². The first-order valence-corrected chi connectivity index (χ1v) is 7.52. The van der Waals surface area contributed by atoms with Crippen molar-refractivity contribution in [1.29, 1.82) is 0 Å². The molecular weight excluding hydrogens is 306 g/mol. The zero-order valence-electron chi connectivity index (χ0n) is 11.2. The molecule has 0 bridgehead atoms. The average Bonchev–Trinajstić information content (AvgIpc) is 2.50. The van der Waals surface area contributed by atoms with Crippen LogP contribution in [0.1, 0.15) is 16.5 Å². The molecule has 0 nitrogen and oxygen atoms in total. The van der Waals surface area contributed by atoms with Gasteiger partial charge in [-0.05, 0) is 41.0 Å². The summed E-state index contributed by atoms with van der Waals surface area (Å²) in [6.45, 7) is 0. The Balaban J connectivity index is 1.91. The molecule has 0 heterocycles. The van der Waals surface area contributed by atoms with Crippen LogP contribution in [0.2, 0.25) is 5.02 Å². The fourth-order valence-corrected chi connectivity index (χ4v) is 2.96. The Bertz CT molecular complexity index is 763. The molecule has 0 spiro atoms. The highest BCUT2D eigenvalue weighted by Gasteiger charge is 2.15. The third-order valence-electron chi connectivity index (χ3n) is 3.58. The first kappa shape index (κ1) is 14.4. The maximum absolute atomic E-state index is 13.8. The largest absolute Gasteiger partial charge is 0.207 e.